The Hall–Kier alpha value is -2.30. The number of ether oxygens (including phenoxy) is 1. The zero-order valence-electron chi connectivity index (χ0n) is 11.9. The van der Waals surface area contributed by atoms with Gasteiger partial charge in [0.1, 0.15) is 11.3 Å². The Kier molecular flexibility index (Phi) is 5.17. The lowest BCUT2D eigenvalue weighted by atomic mass is 10.2. The predicted molar refractivity (Wildman–Crippen MR) is 82.3 cm³/mol. The molecule has 0 aliphatic heterocycles. The van der Waals surface area contributed by atoms with E-state index in [4.69, 9.17) is 4.74 Å². The molecule has 5 heteroatoms. The molecule has 0 spiro atoms. The third-order valence-electron chi connectivity index (χ3n) is 2.93. The molecule has 0 bridgehead atoms. The van der Waals surface area contributed by atoms with Crippen LogP contribution in [0.25, 0.3) is 10.9 Å². The molecule has 0 radical (unpaired) electrons. The van der Waals surface area contributed by atoms with Gasteiger partial charge < -0.3 is 15.4 Å². The number of fused-ring (bicyclic) bond motifs is 1. The molecule has 2 N–H and O–H groups in total. The number of benzene rings is 1. The molecule has 0 amide bonds. The first-order chi connectivity index (χ1) is 9.85. The number of aliphatic imine (C=N–C) groups is 1. The quantitative estimate of drug-likeness (QED) is 0.495. The van der Waals surface area contributed by atoms with Crippen LogP contribution in [0, 0.1) is 0 Å². The molecule has 5 nitrogen and oxygen atoms in total. The monoisotopic (exact) mass is 272 g/mol. The summed E-state index contributed by atoms with van der Waals surface area (Å²) < 4.78 is 5.81. The summed E-state index contributed by atoms with van der Waals surface area (Å²) in [5.74, 6) is 1.62. The van der Waals surface area contributed by atoms with Crippen LogP contribution in [0.2, 0.25) is 0 Å². The van der Waals surface area contributed by atoms with Gasteiger partial charge in [-0.2, -0.15) is 0 Å². The number of rotatable bonds is 5. The van der Waals surface area contributed by atoms with Gasteiger partial charge in [-0.3, -0.25) is 9.98 Å². The zero-order valence-corrected chi connectivity index (χ0v) is 11.9. The minimum Gasteiger partial charge on any atom is -0.491 e. The second-order valence-corrected chi connectivity index (χ2v) is 4.28. The second kappa shape index (κ2) is 7.33. The summed E-state index contributed by atoms with van der Waals surface area (Å²) in [6.45, 7) is 1.45. The van der Waals surface area contributed by atoms with Gasteiger partial charge in [0.2, 0.25) is 0 Å². The van der Waals surface area contributed by atoms with Crippen molar-refractivity contribution in [2.75, 3.05) is 27.2 Å². The predicted octanol–water partition coefficient (Wildman–Crippen LogP) is 1.80. The maximum Gasteiger partial charge on any atom is 0.190 e. The van der Waals surface area contributed by atoms with E-state index in [-0.39, 0.29) is 0 Å². The van der Waals surface area contributed by atoms with E-state index in [1.54, 1.807) is 13.2 Å². The van der Waals surface area contributed by atoms with Crippen LogP contribution in [0.4, 0.5) is 0 Å². The smallest absolute Gasteiger partial charge is 0.190 e. The molecule has 1 heterocycles. The van der Waals surface area contributed by atoms with Gasteiger partial charge >= 0.3 is 0 Å². The Morgan fingerprint density at radius 3 is 2.95 bits per heavy atom. The number of nitrogens with one attached hydrogen (secondary N) is 2. The average molecular weight is 272 g/mol. The number of hydrogen-bond donors (Lipinski definition) is 2. The number of para-hydroxylation sites is 1. The lowest BCUT2D eigenvalue weighted by Crippen LogP contribution is -2.35. The number of guanidine groups is 1. The third kappa shape index (κ3) is 3.60. The first kappa shape index (κ1) is 14.1. The maximum atomic E-state index is 5.81. The van der Waals surface area contributed by atoms with Crippen LogP contribution in [0.3, 0.4) is 0 Å². The van der Waals surface area contributed by atoms with Crippen molar-refractivity contribution in [3.05, 3.63) is 36.5 Å². The Bertz CT molecular complexity index is 578. The molecule has 0 fully saturated rings. The molecule has 1 aromatic heterocycles. The van der Waals surface area contributed by atoms with E-state index < -0.39 is 0 Å². The summed E-state index contributed by atoms with van der Waals surface area (Å²) >= 11 is 0. The number of aromatic nitrogens is 1. The molecule has 0 atom stereocenters. The van der Waals surface area contributed by atoms with Crippen LogP contribution in [0.1, 0.15) is 6.42 Å². The Morgan fingerprint density at radius 1 is 1.30 bits per heavy atom. The van der Waals surface area contributed by atoms with Gasteiger partial charge in [0.15, 0.2) is 5.96 Å². The van der Waals surface area contributed by atoms with Gasteiger partial charge in [-0.05, 0) is 18.6 Å². The fraction of sp³-hybridized carbons (Fsp3) is 0.333. The molecule has 20 heavy (non-hydrogen) atoms. The molecule has 2 rings (SSSR count). The molecule has 0 aliphatic carbocycles. The summed E-state index contributed by atoms with van der Waals surface area (Å²) in [5, 5.41) is 7.25. The first-order valence-corrected chi connectivity index (χ1v) is 6.70. The Morgan fingerprint density at radius 2 is 2.15 bits per heavy atom. The number of nitrogens with zero attached hydrogens (tertiary/aromatic N) is 2. The fourth-order valence-electron chi connectivity index (χ4n) is 1.93. The maximum absolute atomic E-state index is 5.81. The molecule has 106 valence electrons. The molecule has 1 aromatic carbocycles. The van der Waals surface area contributed by atoms with Gasteiger partial charge in [-0.15, -0.1) is 0 Å². The second-order valence-electron chi connectivity index (χ2n) is 4.28. The first-order valence-electron chi connectivity index (χ1n) is 6.70. The van der Waals surface area contributed by atoms with E-state index in [0.717, 1.165) is 35.6 Å². The normalized spacial score (nSPS) is 11.4. The van der Waals surface area contributed by atoms with Gasteiger partial charge in [-0.1, -0.05) is 18.2 Å². The van der Waals surface area contributed by atoms with Crippen LogP contribution in [0.5, 0.6) is 5.75 Å². The highest BCUT2D eigenvalue weighted by molar-refractivity contribution is 5.84. The van der Waals surface area contributed by atoms with Crippen LogP contribution in [0.15, 0.2) is 41.5 Å². The summed E-state index contributed by atoms with van der Waals surface area (Å²) in [5.41, 5.74) is 0.911. The van der Waals surface area contributed by atoms with Gasteiger partial charge in [-0.25, -0.2) is 0 Å². The molecular formula is C15H20N4O. The lowest BCUT2D eigenvalue weighted by molar-refractivity contribution is 0.314. The van der Waals surface area contributed by atoms with Crippen molar-refractivity contribution in [2.24, 2.45) is 4.99 Å². The highest BCUT2D eigenvalue weighted by Crippen LogP contribution is 2.22. The van der Waals surface area contributed by atoms with Crippen LogP contribution >= 0.6 is 0 Å². The van der Waals surface area contributed by atoms with Gasteiger partial charge in [0.05, 0.1) is 6.61 Å². The Balaban J connectivity index is 1.84. The molecule has 0 aliphatic rings. The van der Waals surface area contributed by atoms with E-state index in [2.05, 4.69) is 20.6 Å². The average Bonchev–Trinajstić information content (AvgIpc) is 2.51. The molecule has 2 aromatic rings. The summed E-state index contributed by atoms with van der Waals surface area (Å²) in [4.78, 5) is 8.41. The van der Waals surface area contributed by atoms with Crippen molar-refractivity contribution in [1.29, 1.82) is 0 Å². The van der Waals surface area contributed by atoms with E-state index in [9.17, 15) is 0 Å². The van der Waals surface area contributed by atoms with Crippen LogP contribution in [-0.4, -0.2) is 38.2 Å². The van der Waals surface area contributed by atoms with E-state index in [1.165, 1.54) is 0 Å². The molecular weight excluding hydrogens is 252 g/mol. The van der Waals surface area contributed by atoms with E-state index in [1.807, 2.05) is 37.4 Å². The van der Waals surface area contributed by atoms with Crippen molar-refractivity contribution in [1.82, 2.24) is 15.6 Å². The standard InChI is InChI=1S/C15H20N4O/c1-16-15(17-2)19-10-5-11-20-13-8-3-6-12-7-4-9-18-14(12)13/h3-4,6-9H,5,10-11H2,1-2H3,(H2,16,17,19). The fourth-order valence-corrected chi connectivity index (χ4v) is 1.93. The van der Waals surface area contributed by atoms with Crippen molar-refractivity contribution in [3.8, 4) is 5.75 Å². The van der Waals surface area contributed by atoms with Crippen molar-refractivity contribution < 1.29 is 4.74 Å². The number of hydrogen-bond acceptors (Lipinski definition) is 3. The Labute approximate surface area is 119 Å². The van der Waals surface area contributed by atoms with Crippen LogP contribution < -0.4 is 15.4 Å². The van der Waals surface area contributed by atoms with Gasteiger partial charge in [0, 0.05) is 32.2 Å². The van der Waals surface area contributed by atoms with Gasteiger partial charge in [0.25, 0.3) is 0 Å². The highest BCUT2D eigenvalue weighted by Gasteiger charge is 2.02. The number of pyridine rings is 1. The summed E-state index contributed by atoms with van der Waals surface area (Å²) in [6, 6.07) is 9.94. The van der Waals surface area contributed by atoms with Crippen molar-refractivity contribution >= 4 is 16.9 Å². The van der Waals surface area contributed by atoms with Crippen molar-refractivity contribution in [2.45, 2.75) is 6.42 Å². The molecule has 0 saturated heterocycles. The third-order valence-corrected chi connectivity index (χ3v) is 2.93. The summed E-state index contributed by atoms with van der Waals surface area (Å²) in [7, 11) is 3.59. The largest absolute Gasteiger partial charge is 0.491 e. The lowest BCUT2D eigenvalue weighted by Gasteiger charge is -2.10. The summed E-state index contributed by atoms with van der Waals surface area (Å²) in [6.07, 6.45) is 2.68. The van der Waals surface area contributed by atoms with Crippen LogP contribution in [-0.2, 0) is 0 Å². The minimum absolute atomic E-state index is 0.642. The highest BCUT2D eigenvalue weighted by atomic mass is 16.5. The molecule has 0 saturated carbocycles. The molecule has 0 unspecified atom stereocenters. The zero-order chi connectivity index (χ0) is 14.2. The minimum atomic E-state index is 0.642. The SMILES string of the molecule is CN=C(NC)NCCCOc1cccc2cccnc12. The topological polar surface area (TPSA) is 58.5 Å². The van der Waals surface area contributed by atoms with E-state index >= 15 is 0 Å². The van der Waals surface area contributed by atoms with E-state index in [0.29, 0.717) is 6.61 Å². The van der Waals surface area contributed by atoms with Crippen molar-refractivity contribution in [3.63, 3.8) is 0 Å².